The van der Waals surface area contributed by atoms with Gasteiger partial charge in [0.15, 0.2) is 0 Å². The van der Waals surface area contributed by atoms with Crippen LogP contribution in [0.2, 0.25) is 0 Å². The van der Waals surface area contributed by atoms with Gasteiger partial charge in [-0.25, -0.2) is 0 Å². The molecule has 3 aliphatic heterocycles. The summed E-state index contributed by atoms with van der Waals surface area (Å²) < 4.78 is -0.565. The summed E-state index contributed by atoms with van der Waals surface area (Å²) in [7, 11) is 0. The van der Waals surface area contributed by atoms with E-state index in [9.17, 15) is 14.4 Å². The molecule has 3 heterocycles. The molecule has 0 aromatic heterocycles. The molecule has 3 amide bonds. The number of fused-ring (bicyclic) bond motifs is 1. The van der Waals surface area contributed by atoms with Crippen LogP contribution in [0.5, 0.6) is 0 Å². The average molecular weight is 528 g/mol. The van der Waals surface area contributed by atoms with Crippen molar-refractivity contribution < 1.29 is 19.5 Å². The van der Waals surface area contributed by atoms with Gasteiger partial charge in [0.05, 0.1) is 16.6 Å². The van der Waals surface area contributed by atoms with Crippen molar-refractivity contribution in [3.63, 3.8) is 0 Å². The van der Waals surface area contributed by atoms with E-state index in [4.69, 9.17) is 5.11 Å². The molecule has 3 unspecified atom stereocenters. The molecule has 37 heavy (non-hydrogen) atoms. The Hall–Kier alpha value is -2.06. The third-order valence-electron chi connectivity index (χ3n) is 9.10. The Balaban J connectivity index is 1.41. The van der Waals surface area contributed by atoms with E-state index in [0.717, 1.165) is 63.5 Å². The smallest absolute Gasteiger partial charge is 0.244 e. The highest BCUT2D eigenvalue weighted by molar-refractivity contribution is 8.02. The van der Waals surface area contributed by atoms with Gasteiger partial charge >= 0.3 is 0 Å². The fourth-order valence-corrected chi connectivity index (χ4v) is 9.80. The maximum atomic E-state index is 14.1. The van der Waals surface area contributed by atoms with Crippen LogP contribution in [-0.4, -0.2) is 63.0 Å². The number of para-hydroxylation sites is 1. The summed E-state index contributed by atoms with van der Waals surface area (Å²) in [5, 5.41) is 15.6. The minimum Gasteiger partial charge on any atom is -0.396 e. The van der Waals surface area contributed by atoms with Crippen LogP contribution in [0.25, 0.3) is 0 Å². The zero-order chi connectivity index (χ0) is 26.0. The van der Waals surface area contributed by atoms with Crippen LogP contribution in [-0.2, 0) is 14.4 Å². The van der Waals surface area contributed by atoms with Gasteiger partial charge in [0.2, 0.25) is 17.7 Å². The number of likely N-dealkylation sites (tertiary alicyclic amines) is 1. The summed E-state index contributed by atoms with van der Waals surface area (Å²) in [6.07, 6.45) is 9.68. The van der Waals surface area contributed by atoms with Crippen molar-refractivity contribution in [2.24, 2.45) is 17.8 Å². The summed E-state index contributed by atoms with van der Waals surface area (Å²) >= 11 is 1.74. The van der Waals surface area contributed by atoms with Gasteiger partial charge in [-0.2, -0.15) is 0 Å². The van der Waals surface area contributed by atoms with Crippen molar-refractivity contribution in [1.29, 1.82) is 0 Å². The molecule has 1 aromatic carbocycles. The highest BCUT2D eigenvalue weighted by Gasteiger charge is 2.75. The number of aliphatic hydroxyl groups is 1. The second-order valence-corrected chi connectivity index (χ2v) is 13.0. The van der Waals surface area contributed by atoms with E-state index >= 15 is 0 Å². The summed E-state index contributed by atoms with van der Waals surface area (Å²) in [5.74, 6) is -0.887. The molecule has 7 nitrogen and oxygen atoms in total. The van der Waals surface area contributed by atoms with Crippen LogP contribution >= 0.6 is 11.8 Å². The minimum atomic E-state index is -0.565. The maximum absolute atomic E-state index is 14.1. The molecule has 1 aromatic rings. The molecule has 5 rings (SSSR count). The molecule has 4 aliphatic rings. The fourth-order valence-electron chi connectivity index (χ4n) is 7.38. The normalized spacial score (nSPS) is 33.0. The molecular formula is C29H41N3O4S. The molecule has 3 saturated heterocycles. The number of nitrogens with one attached hydrogen (secondary N) is 2. The number of carbonyl (C=O) groups excluding carboxylic acids is 3. The van der Waals surface area contributed by atoms with E-state index < -0.39 is 22.6 Å². The average Bonchev–Trinajstić information content (AvgIpc) is 3.49. The van der Waals surface area contributed by atoms with E-state index in [1.165, 1.54) is 6.42 Å². The third-order valence-corrected chi connectivity index (χ3v) is 11.2. The van der Waals surface area contributed by atoms with Gasteiger partial charge in [-0.1, -0.05) is 57.2 Å². The third kappa shape index (κ3) is 4.91. The Labute approximate surface area is 224 Å². The van der Waals surface area contributed by atoms with Crippen molar-refractivity contribution in [2.75, 3.05) is 18.5 Å². The van der Waals surface area contributed by atoms with Crippen molar-refractivity contribution in [1.82, 2.24) is 10.2 Å². The monoisotopic (exact) mass is 527 g/mol. The molecule has 3 N–H and O–H groups in total. The topological polar surface area (TPSA) is 98.7 Å². The number of unbranched alkanes of at least 4 members (excludes halogenated alkanes) is 3. The minimum absolute atomic E-state index is 0.0257. The van der Waals surface area contributed by atoms with Gasteiger partial charge < -0.3 is 20.6 Å². The summed E-state index contributed by atoms with van der Waals surface area (Å²) in [5.41, 5.74) is 0.736. The highest BCUT2D eigenvalue weighted by Crippen LogP contribution is 2.68. The SMILES string of the molecule is CC1C[C@@H]2SC13C(C(=O)NC1CCCCC1)N(CCCCCCO)C(=O)[C@@H]3[C@@H]2C(=O)Nc1ccccc1. The summed E-state index contributed by atoms with van der Waals surface area (Å²) in [4.78, 5) is 43.6. The van der Waals surface area contributed by atoms with Gasteiger partial charge in [-0.3, -0.25) is 14.4 Å². The molecule has 8 heteroatoms. The predicted molar refractivity (Wildman–Crippen MR) is 146 cm³/mol. The van der Waals surface area contributed by atoms with Gasteiger partial charge in [-0.15, -0.1) is 11.8 Å². The van der Waals surface area contributed by atoms with Crippen LogP contribution in [0.3, 0.4) is 0 Å². The van der Waals surface area contributed by atoms with Gasteiger partial charge in [0.1, 0.15) is 6.04 Å². The number of hydrogen-bond acceptors (Lipinski definition) is 5. The van der Waals surface area contributed by atoms with E-state index in [-0.39, 0.29) is 41.5 Å². The number of rotatable bonds is 10. The zero-order valence-electron chi connectivity index (χ0n) is 21.9. The Morgan fingerprint density at radius 3 is 2.51 bits per heavy atom. The lowest BCUT2D eigenvalue weighted by atomic mass is 9.65. The van der Waals surface area contributed by atoms with Crippen LogP contribution in [0.1, 0.15) is 71.1 Å². The lowest BCUT2D eigenvalue weighted by molar-refractivity contribution is -0.139. The second-order valence-electron chi connectivity index (χ2n) is 11.4. The van der Waals surface area contributed by atoms with Gasteiger partial charge in [0, 0.05) is 30.1 Å². The maximum Gasteiger partial charge on any atom is 0.244 e. The number of benzene rings is 1. The Kier molecular flexibility index (Phi) is 8.15. The number of thioether (sulfide) groups is 1. The predicted octanol–water partition coefficient (Wildman–Crippen LogP) is 3.96. The molecular weight excluding hydrogens is 486 g/mol. The zero-order valence-corrected chi connectivity index (χ0v) is 22.7. The number of amides is 3. The largest absolute Gasteiger partial charge is 0.396 e. The molecule has 1 spiro atoms. The van der Waals surface area contributed by atoms with E-state index in [1.807, 2.05) is 35.2 Å². The molecule has 202 valence electrons. The Bertz CT molecular complexity index is 985. The van der Waals surface area contributed by atoms with E-state index in [1.54, 1.807) is 11.8 Å². The van der Waals surface area contributed by atoms with Crippen LogP contribution in [0, 0.1) is 17.8 Å². The second kappa shape index (κ2) is 11.4. The number of aliphatic hydroxyl groups excluding tert-OH is 1. The van der Waals surface area contributed by atoms with Crippen LogP contribution in [0.4, 0.5) is 5.69 Å². The molecule has 4 fully saturated rings. The van der Waals surface area contributed by atoms with E-state index in [2.05, 4.69) is 17.6 Å². The Morgan fingerprint density at radius 1 is 1.05 bits per heavy atom. The molecule has 2 bridgehead atoms. The van der Waals surface area contributed by atoms with Gasteiger partial charge in [-0.05, 0) is 50.2 Å². The summed E-state index contributed by atoms with van der Waals surface area (Å²) in [6.45, 7) is 2.87. The first-order valence-electron chi connectivity index (χ1n) is 14.2. The first-order valence-corrected chi connectivity index (χ1v) is 15.1. The van der Waals surface area contributed by atoms with Crippen LogP contribution < -0.4 is 10.6 Å². The number of nitrogens with zero attached hydrogens (tertiary/aromatic N) is 1. The molecule has 1 aliphatic carbocycles. The van der Waals surface area contributed by atoms with Crippen molar-refractivity contribution in [3.05, 3.63) is 30.3 Å². The van der Waals surface area contributed by atoms with Crippen LogP contribution in [0.15, 0.2) is 30.3 Å². The Morgan fingerprint density at radius 2 is 1.78 bits per heavy atom. The highest BCUT2D eigenvalue weighted by atomic mass is 32.2. The molecule has 6 atom stereocenters. The number of hydrogen-bond donors (Lipinski definition) is 3. The number of anilines is 1. The standard InChI is InChI=1S/C29H41N3O4S/c1-19-18-22-23(26(34)30-20-12-6-4-7-13-20)24-28(36)32(16-10-2-3-11-17-33)25(29(19,24)37-22)27(35)31-21-14-8-5-9-15-21/h4,6-7,12-13,19,21-25,33H,2-3,5,8-11,14-18H2,1H3,(H,30,34)(H,31,35)/t19?,22-,23+,24-,25?,29?/m0/s1. The first-order chi connectivity index (χ1) is 18.0. The van der Waals surface area contributed by atoms with Gasteiger partial charge in [0.25, 0.3) is 0 Å². The summed E-state index contributed by atoms with van der Waals surface area (Å²) in [6, 6.07) is 9.06. The molecule has 0 radical (unpaired) electrons. The van der Waals surface area contributed by atoms with Crippen molar-refractivity contribution in [3.8, 4) is 0 Å². The fraction of sp³-hybridized carbons (Fsp3) is 0.690. The van der Waals surface area contributed by atoms with E-state index in [0.29, 0.717) is 6.54 Å². The number of carbonyl (C=O) groups is 3. The molecule has 1 saturated carbocycles. The first kappa shape index (κ1) is 26.5. The van der Waals surface area contributed by atoms with Crippen molar-refractivity contribution in [2.45, 2.75) is 93.2 Å². The lowest BCUT2D eigenvalue weighted by Crippen LogP contribution is -2.57. The lowest BCUT2D eigenvalue weighted by Gasteiger charge is -2.39. The van der Waals surface area contributed by atoms with Crippen molar-refractivity contribution >= 4 is 35.2 Å². The quantitative estimate of drug-likeness (QED) is 0.400.